The first-order chi connectivity index (χ1) is 15.8. The van der Waals surface area contributed by atoms with Gasteiger partial charge in [-0.15, -0.1) is 0 Å². The molecule has 33 heavy (non-hydrogen) atoms. The number of nitrogen functional groups attached to an aromatic ring is 1. The van der Waals surface area contributed by atoms with Crippen LogP contribution in [0.2, 0.25) is 10.0 Å². The molecule has 168 valence electrons. The average Bonchev–Trinajstić information content (AvgIpc) is 2.76. The number of anilines is 2. The van der Waals surface area contributed by atoms with Gasteiger partial charge in [-0.3, -0.25) is 16.1 Å². The number of aryl methyl sites for hydroxylation is 1. The van der Waals surface area contributed by atoms with Gasteiger partial charge >= 0.3 is 0 Å². The van der Waals surface area contributed by atoms with Crippen LogP contribution >= 0.6 is 23.2 Å². The molecule has 0 saturated carbocycles. The van der Waals surface area contributed by atoms with Crippen LogP contribution in [-0.2, 0) is 0 Å². The monoisotopic (exact) mass is 481 g/mol. The van der Waals surface area contributed by atoms with Crippen LogP contribution in [0.15, 0.2) is 36.7 Å². The van der Waals surface area contributed by atoms with Crippen molar-refractivity contribution in [1.82, 2.24) is 9.97 Å². The van der Waals surface area contributed by atoms with E-state index in [1.165, 1.54) is 6.20 Å². The molecule has 0 spiro atoms. The summed E-state index contributed by atoms with van der Waals surface area (Å²) >= 11 is 12.6. The lowest BCUT2D eigenvalue weighted by Crippen LogP contribution is -2.38. The van der Waals surface area contributed by atoms with Gasteiger partial charge in [-0.05, 0) is 37.6 Å². The Hall–Kier alpha value is -3.38. The van der Waals surface area contributed by atoms with Crippen molar-refractivity contribution in [3.8, 4) is 11.8 Å². The Balaban J connectivity index is 1.62. The highest BCUT2D eigenvalue weighted by molar-refractivity contribution is 6.36. The number of halogens is 2. The second-order valence-corrected chi connectivity index (χ2v) is 8.41. The summed E-state index contributed by atoms with van der Waals surface area (Å²) in [5.74, 6) is 1.02. The van der Waals surface area contributed by atoms with Crippen molar-refractivity contribution in [2.45, 2.75) is 19.6 Å². The first kappa shape index (κ1) is 22.8. The minimum Gasteiger partial charge on any atom is -0.471 e. The SMILES string of the molecule is Cc1ncc(Cl)c([C@@H](N)Oc2ccc(N)c(C(=N)c3cnc(N4CCC4)c(C#N)c3)c2)c1Cl. The number of pyridine rings is 2. The number of aromatic nitrogens is 2. The van der Waals surface area contributed by atoms with Gasteiger partial charge in [-0.2, -0.15) is 5.26 Å². The third kappa shape index (κ3) is 4.44. The van der Waals surface area contributed by atoms with Crippen molar-refractivity contribution in [1.29, 1.82) is 10.7 Å². The molecule has 0 unspecified atom stereocenters. The van der Waals surface area contributed by atoms with Crippen LogP contribution in [0.25, 0.3) is 0 Å². The molecule has 2 aromatic heterocycles. The van der Waals surface area contributed by atoms with E-state index in [1.807, 2.05) is 4.90 Å². The maximum atomic E-state index is 9.56. The normalized spacial score (nSPS) is 13.7. The number of rotatable bonds is 6. The van der Waals surface area contributed by atoms with Crippen LogP contribution in [0.4, 0.5) is 11.5 Å². The summed E-state index contributed by atoms with van der Waals surface area (Å²) in [5, 5.41) is 18.9. The van der Waals surface area contributed by atoms with Gasteiger partial charge in [-0.25, -0.2) is 4.98 Å². The molecule has 10 heteroatoms. The van der Waals surface area contributed by atoms with Crippen molar-refractivity contribution < 1.29 is 4.74 Å². The third-order valence-electron chi connectivity index (χ3n) is 5.46. The molecule has 0 amide bonds. The van der Waals surface area contributed by atoms with E-state index in [0.29, 0.717) is 55.2 Å². The zero-order chi connectivity index (χ0) is 23.7. The molecule has 4 rings (SSSR count). The minimum absolute atomic E-state index is 0.113. The molecule has 3 heterocycles. The van der Waals surface area contributed by atoms with E-state index in [4.69, 9.17) is 44.8 Å². The van der Waals surface area contributed by atoms with Crippen LogP contribution in [0.3, 0.4) is 0 Å². The molecular formula is C23H21Cl2N7O. The van der Waals surface area contributed by atoms with Gasteiger partial charge in [0.25, 0.3) is 0 Å². The molecule has 0 aliphatic carbocycles. The van der Waals surface area contributed by atoms with Crippen molar-refractivity contribution in [2.24, 2.45) is 5.73 Å². The van der Waals surface area contributed by atoms with Crippen LogP contribution < -0.4 is 21.1 Å². The highest BCUT2D eigenvalue weighted by Crippen LogP contribution is 2.33. The lowest BCUT2D eigenvalue weighted by molar-refractivity contribution is 0.214. The van der Waals surface area contributed by atoms with Gasteiger partial charge in [0, 0.05) is 47.9 Å². The van der Waals surface area contributed by atoms with Crippen LogP contribution in [-0.4, -0.2) is 28.8 Å². The topological polar surface area (TPSA) is 138 Å². The Morgan fingerprint density at radius 1 is 1.24 bits per heavy atom. The minimum atomic E-state index is -0.958. The summed E-state index contributed by atoms with van der Waals surface area (Å²) in [5.41, 5.74) is 15.2. The fourth-order valence-corrected chi connectivity index (χ4v) is 4.04. The summed E-state index contributed by atoms with van der Waals surface area (Å²) in [6.45, 7) is 3.49. The van der Waals surface area contributed by atoms with Crippen LogP contribution in [0.5, 0.6) is 5.75 Å². The van der Waals surface area contributed by atoms with Gasteiger partial charge in [0.15, 0.2) is 6.23 Å². The smallest absolute Gasteiger partial charge is 0.177 e. The number of benzene rings is 1. The highest BCUT2D eigenvalue weighted by Gasteiger charge is 2.22. The van der Waals surface area contributed by atoms with Crippen LogP contribution in [0, 0.1) is 23.7 Å². The van der Waals surface area contributed by atoms with Crippen molar-refractivity contribution in [3.05, 3.63) is 74.7 Å². The van der Waals surface area contributed by atoms with Gasteiger partial charge in [0.2, 0.25) is 0 Å². The lowest BCUT2D eigenvalue weighted by Gasteiger charge is -2.32. The van der Waals surface area contributed by atoms with E-state index in [9.17, 15) is 5.26 Å². The highest BCUT2D eigenvalue weighted by atomic mass is 35.5. The predicted octanol–water partition coefficient (Wildman–Crippen LogP) is 4.21. The maximum absolute atomic E-state index is 9.56. The summed E-state index contributed by atoms with van der Waals surface area (Å²) in [6, 6.07) is 8.71. The number of nitrogens with two attached hydrogens (primary N) is 2. The van der Waals surface area contributed by atoms with E-state index >= 15 is 0 Å². The molecule has 1 aliphatic rings. The number of ether oxygens (including phenoxy) is 1. The van der Waals surface area contributed by atoms with E-state index in [2.05, 4.69) is 16.0 Å². The van der Waals surface area contributed by atoms with Crippen molar-refractivity contribution >= 4 is 40.4 Å². The molecule has 0 bridgehead atoms. The molecular weight excluding hydrogens is 461 g/mol. The summed E-state index contributed by atoms with van der Waals surface area (Å²) < 4.78 is 5.87. The Kier molecular flexibility index (Phi) is 6.38. The zero-order valence-electron chi connectivity index (χ0n) is 17.8. The molecule has 1 aromatic carbocycles. The molecule has 1 saturated heterocycles. The standard InChI is InChI=1S/C23H21Cl2N7O/c1-12-20(25)19(17(24)11-30-12)22(29)33-15-3-4-18(27)16(8-15)21(28)14-7-13(9-26)23(31-10-14)32-5-2-6-32/h3-4,7-8,10-11,22,28H,2,5-6,27,29H2,1H3/t22-/m0/s1. The fraction of sp³-hybridized carbons (Fsp3) is 0.217. The summed E-state index contributed by atoms with van der Waals surface area (Å²) in [7, 11) is 0. The van der Waals surface area contributed by atoms with Gasteiger partial charge in [-0.1, -0.05) is 23.2 Å². The summed E-state index contributed by atoms with van der Waals surface area (Å²) in [4.78, 5) is 10.6. The average molecular weight is 482 g/mol. The molecule has 1 atom stereocenters. The Bertz CT molecular complexity index is 1280. The zero-order valence-corrected chi connectivity index (χ0v) is 19.3. The Morgan fingerprint density at radius 3 is 2.67 bits per heavy atom. The second kappa shape index (κ2) is 9.24. The van der Waals surface area contributed by atoms with Crippen molar-refractivity contribution in [3.63, 3.8) is 0 Å². The maximum Gasteiger partial charge on any atom is 0.177 e. The Labute approximate surface area is 201 Å². The fourth-order valence-electron chi connectivity index (χ4n) is 3.48. The third-order valence-corrected chi connectivity index (χ3v) is 6.23. The molecule has 5 N–H and O–H groups in total. The summed E-state index contributed by atoms with van der Waals surface area (Å²) in [6.07, 6.45) is 3.16. The predicted molar refractivity (Wildman–Crippen MR) is 129 cm³/mol. The number of nitrogens with zero attached hydrogens (tertiary/aromatic N) is 4. The molecule has 3 aromatic rings. The van der Waals surface area contributed by atoms with Gasteiger partial charge < -0.3 is 15.4 Å². The van der Waals surface area contributed by atoms with E-state index < -0.39 is 6.23 Å². The number of hydrogen-bond acceptors (Lipinski definition) is 8. The number of hydrogen-bond donors (Lipinski definition) is 3. The first-order valence-electron chi connectivity index (χ1n) is 10.2. The van der Waals surface area contributed by atoms with Gasteiger partial charge in [0.05, 0.1) is 27.0 Å². The van der Waals surface area contributed by atoms with Crippen LogP contribution in [0.1, 0.15) is 40.6 Å². The molecule has 0 radical (unpaired) electrons. The lowest BCUT2D eigenvalue weighted by atomic mass is 10.0. The largest absolute Gasteiger partial charge is 0.471 e. The first-order valence-corrected chi connectivity index (χ1v) is 10.9. The Morgan fingerprint density at radius 2 is 2.00 bits per heavy atom. The van der Waals surface area contributed by atoms with E-state index in [1.54, 1.807) is 37.4 Å². The molecule has 1 aliphatic heterocycles. The van der Waals surface area contributed by atoms with E-state index in [0.717, 1.165) is 19.5 Å². The second-order valence-electron chi connectivity index (χ2n) is 7.63. The van der Waals surface area contributed by atoms with Crippen molar-refractivity contribution in [2.75, 3.05) is 23.7 Å². The molecule has 8 nitrogen and oxygen atoms in total. The number of nitriles is 1. The molecule has 1 fully saturated rings. The number of nitrogens with one attached hydrogen (secondary N) is 1. The van der Waals surface area contributed by atoms with Gasteiger partial charge in [0.1, 0.15) is 17.6 Å². The quantitative estimate of drug-likeness (QED) is 0.272. The van der Waals surface area contributed by atoms with E-state index in [-0.39, 0.29) is 5.71 Å².